The van der Waals surface area contributed by atoms with E-state index >= 15 is 0 Å². The summed E-state index contributed by atoms with van der Waals surface area (Å²) in [6.45, 7) is 1.12. The van der Waals surface area contributed by atoms with Crippen LogP contribution in [0.1, 0.15) is 16.9 Å². The molecule has 1 saturated heterocycles. The molecular weight excluding hydrogens is 331 g/mol. The van der Waals surface area contributed by atoms with Crippen LogP contribution in [-0.2, 0) is 0 Å². The molecule has 0 spiro atoms. The second kappa shape index (κ2) is 6.85. The van der Waals surface area contributed by atoms with Crippen LogP contribution in [0.3, 0.4) is 0 Å². The van der Waals surface area contributed by atoms with Gasteiger partial charge in [-0.25, -0.2) is 9.37 Å². The molecule has 1 aliphatic heterocycles. The second-order valence-electron chi connectivity index (χ2n) is 5.57. The molecule has 3 rings (SSSR count). The van der Waals surface area contributed by atoms with Crippen LogP contribution in [0.4, 0.5) is 4.39 Å². The summed E-state index contributed by atoms with van der Waals surface area (Å²) in [5.74, 6) is -0.688. The Hall–Kier alpha value is -2.65. The lowest BCUT2D eigenvalue weighted by atomic mass is 10.1. The number of carbonyl (C=O) groups excluding carboxylic acids is 1. The van der Waals surface area contributed by atoms with Crippen LogP contribution in [0.2, 0.25) is 5.02 Å². The molecule has 1 aromatic heterocycles. The van der Waals surface area contributed by atoms with E-state index in [1.165, 1.54) is 18.3 Å². The molecule has 7 heteroatoms. The number of benzene rings is 1. The van der Waals surface area contributed by atoms with Gasteiger partial charge in [0.25, 0.3) is 5.91 Å². The Bertz CT molecular complexity index is 803. The van der Waals surface area contributed by atoms with Crippen LogP contribution >= 0.6 is 11.6 Å². The van der Waals surface area contributed by atoms with Gasteiger partial charge in [-0.2, -0.15) is 5.26 Å². The zero-order chi connectivity index (χ0) is 17.1. The average molecular weight is 345 g/mol. The van der Waals surface area contributed by atoms with Gasteiger partial charge in [-0.1, -0.05) is 23.7 Å². The number of carbonyl (C=O) groups is 1. The van der Waals surface area contributed by atoms with Gasteiger partial charge in [-0.15, -0.1) is 0 Å². The van der Waals surface area contributed by atoms with Gasteiger partial charge >= 0.3 is 0 Å². The van der Waals surface area contributed by atoms with Gasteiger partial charge in [-0.3, -0.25) is 4.79 Å². The number of nitrogens with one attached hydrogen (secondary N) is 1. The van der Waals surface area contributed by atoms with Gasteiger partial charge in [0.2, 0.25) is 0 Å². The van der Waals surface area contributed by atoms with Crippen LogP contribution in [0.15, 0.2) is 36.5 Å². The molecule has 0 radical (unpaired) electrons. The van der Waals surface area contributed by atoms with E-state index < -0.39 is 0 Å². The lowest BCUT2D eigenvalue weighted by molar-refractivity contribution is 0.0934. The number of nitrogens with zero attached hydrogens (tertiary/aromatic N) is 3. The summed E-state index contributed by atoms with van der Waals surface area (Å²) >= 11 is 6.19. The van der Waals surface area contributed by atoms with Gasteiger partial charge in [0, 0.05) is 30.9 Å². The van der Waals surface area contributed by atoms with Crippen molar-refractivity contribution in [1.29, 1.82) is 5.26 Å². The highest BCUT2D eigenvalue weighted by Gasteiger charge is 2.24. The Labute approximate surface area is 143 Å². The molecule has 0 aliphatic carbocycles. The minimum absolute atomic E-state index is 0.0909. The highest BCUT2D eigenvalue weighted by atomic mass is 35.5. The van der Waals surface area contributed by atoms with Crippen LogP contribution in [0.25, 0.3) is 11.1 Å². The highest BCUT2D eigenvalue weighted by Crippen LogP contribution is 2.24. The van der Waals surface area contributed by atoms with Gasteiger partial charge in [-0.05, 0) is 30.2 Å². The molecule has 1 amide bonds. The first-order chi connectivity index (χ1) is 11.6. The number of hydrogen-bond acceptors (Lipinski definition) is 4. The molecule has 5 nitrogen and oxygen atoms in total. The maximum atomic E-state index is 13.0. The molecule has 1 N–H and O–H groups in total. The summed E-state index contributed by atoms with van der Waals surface area (Å²) in [6, 6.07) is 7.49. The van der Waals surface area contributed by atoms with Gasteiger partial charge in [0.05, 0.1) is 5.02 Å². The zero-order valence-electron chi connectivity index (χ0n) is 12.7. The third-order valence-corrected chi connectivity index (χ3v) is 4.19. The van der Waals surface area contributed by atoms with Crippen molar-refractivity contribution >= 4 is 17.5 Å². The molecule has 0 bridgehead atoms. The number of halogens is 2. The third-order valence-electron chi connectivity index (χ3n) is 3.90. The van der Waals surface area contributed by atoms with E-state index in [9.17, 15) is 9.18 Å². The maximum absolute atomic E-state index is 13.0. The Balaban J connectivity index is 1.74. The van der Waals surface area contributed by atoms with Crippen LogP contribution in [0.5, 0.6) is 0 Å². The predicted molar refractivity (Wildman–Crippen MR) is 87.7 cm³/mol. The topological polar surface area (TPSA) is 69.0 Å². The van der Waals surface area contributed by atoms with Gasteiger partial charge in [0.15, 0.2) is 6.19 Å². The number of nitriles is 1. The minimum Gasteiger partial charge on any atom is -0.346 e. The van der Waals surface area contributed by atoms with Crippen molar-refractivity contribution in [3.63, 3.8) is 0 Å². The molecule has 1 fully saturated rings. The lowest BCUT2D eigenvalue weighted by Gasteiger charge is -2.13. The van der Waals surface area contributed by atoms with E-state index in [2.05, 4.69) is 16.5 Å². The minimum atomic E-state index is -0.365. The first kappa shape index (κ1) is 16.2. The summed E-state index contributed by atoms with van der Waals surface area (Å²) in [5, 5.41) is 11.9. The van der Waals surface area contributed by atoms with Crippen molar-refractivity contribution in [2.24, 2.45) is 0 Å². The fourth-order valence-electron chi connectivity index (χ4n) is 2.63. The van der Waals surface area contributed by atoms with Crippen molar-refractivity contribution in [2.45, 2.75) is 12.5 Å². The number of hydrogen-bond donors (Lipinski definition) is 1. The summed E-state index contributed by atoms with van der Waals surface area (Å²) in [4.78, 5) is 18.0. The summed E-state index contributed by atoms with van der Waals surface area (Å²) in [5.41, 5.74) is 1.60. The van der Waals surface area contributed by atoms with Crippen molar-refractivity contribution in [2.75, 3.05) is 13.1 Å². The molecule has 1 aromatic carbocycles. The third kappa shape index (κ3) is 3.47. The number of likely N-dealkylation sites (tertiary alicyclic amines) is 1. The Morgan fingerprint density at radius 3 is 2.75 bits per heavy atom. The SMILES string of the molecule is N#CN1CC[C@@H](NC(=O)c2ncc(-c3ccc(F)cc3)cc2Cl)C1. The van der Waals surface area contributed by atoms with Gasteiger partial charge < -0.3 is 10.2 Å². The predicted octanol–water partition coefficient (Wildman–Crippen LogP) is 2.83. The molecule has 0 unspecified atom stereocenters. The normalized spacial score (nSPS) is 16.7. The van der Waals surface area contributed by atoms with E-state index in [-0.39, 0.29) is 28.5 Å². The lowest BCUT2D eigenvalue weighted by Crippen LogP contribution is -2.37. The quantitative estimate of drug-likeness (QED) is 0.869. The fraction of sp³-hybridized carbons (Fsp3) is 0.235. The molecular formula is C17H14ClFN4O. The van der Waals surface area contributed by atoms with E-state index in [0.717, 1.165) is 5.56 Å². The fourth-order valence-corrected chi connectivity index (χ4v) is 2.88. The zero-order valence-corrected chi connectivity index (χ0v) is 13.4. The van der Waals surface area contributed by atoms with E-state index in [1.54, 1.807) is 23.1 Å². The molecule has 122 valence electrons. The Morgan fingerprint density at radius 2 is 2.12 bits per heavy atom. The highest BCUT2D eigenvalue weighted by molar-refractivity contribution is 6.33. The largest absolute Gasteiger partial charge is 0.346 e. The monoisotopic (exact) mass is 344 g/mol. The number of amides is 1. The smallest absolute Gasteiger partial charge is 0.271 e. The van der Waals surface area contributed by atoms with Crippen molar-refractivity contribution in [1.82, 2.24) is 15.2 Å². The second-order valence-corrected chi connectivity index (χ2v) is 5.97. The molecule has 0 saturated carbocycles. The van der Waals surface area contributed by atoms with E-state index in [1.807, 2.05) is 0 Å². The summed E-state index contributed by atoms with van der Waals surface area (Å²) < 4.78 is 13.0. The van der Waals surface area contributed by atoms with Crippen molar-refractivity contribution < 1.29 is 9.18 Å². The van der Waals surface area contributed by atoms with E-state index in [0.29, 0.717) is 25.1 Å². The number of aromatic nitrogens is 1. The average Bonchev–Trinajstić information content (AvgIpc) is 3.03. The standard InChI is InChI=1S/C17H14ClFN4O/c18-15-7-12(11-1-3-13(19)4-2-11)8-21-16(15)17(24)22-14-5-6-23(9-14)10-20/h1-4,7-8,14H,5-6,9H2,(H,22,24)/t14-/m1/s1. The van der Waals surface area contributed by atoms with Crippen molar-refractivity contribution in [3.05, 3.63) is 53.1 Å². The summed E-state index contributed by atoms with van der Waals surface area (Å²) in [7, 11) is 0. The van der Waals surface area contributed by atoms with Crippen LogP contribution < -0.4 is 5.32 Å². The van der Waals surface area contributed by atoms with Crippen molar-refractivity contribution in [3.8, 4) is 17.3 Å². The van der Waals surface area contributed by atoms with Crippen LogP contribution in [-0.4, -0.2) is 34.9 Å². The Kier molecular flexibility index (Phi) is 4.63. The molecule has 2 aromatic rings. The molecule has 1 atom stereocenters. The van der Waals surface area contributed by atoms with Crippen LogP contribution in [0, 0.1) is 17.3 Å². The molecule has 24 heavy (non-hydrogen) atoms. The molecule has 2 heterocycles. The number of pyridine rings is 1. The number of rotatable bonds is 3. The van der Waals surface area contributed by atoms with E-state index in [4.69, 9.17) is 16.9 Å². The Morgan fingerprint density at radius 1 is 1.38 bits per heavy atom. The summed E-state index contributed by atoms with van der Waals surface area (Å²) in [6.07, 6.45) is 4.31. The van der Waals surface area contributed by atoms with Gasteiger partial charge in [0.1, 0.15) is 11.5 Å². The maximum Gasteiger partial charge on any atom is 0.271 e. The molecule has 1 aliphatic rings. The first-order valence-corrected chi connectivity index (χ1v) is 7.81. The first-order valence-electron chi connectivity index (χ1n) is 7.44.